The molecular formula is C27H23ClN4O3. The van der Waals surface area contributed by atoms with Gasteiger partial charge in [0.15, 0.2) is 0 Å². The fourth-order valence-corrected chi connectivity index (χ4v) is 3.62. The van der Waals surface area contributed by atoms with Gasteiger partial charge in [-0.25, -0.2) is 4.68 Å². The van der Waals surface area contributed by atoms with Gasteiger partial charge in [0, 0.05) is 17.3 Å². The van der Waals surface area contributed by atoms with Gasteiger partial charge in [-0.05, 0) is 55.0 Å². The summed E-state index contributed by atoms with van der Waals surface area (Å²) >= 11 is 6.46. The van der Waals surface area contributed by atoms with Gasteiger partial charge in [0.2, 0.25) is 0 Å². The molecule has 4 rings (SSSR count). The molecule has 8 heteroatoms. The smallest absolute Gasteiger partial charge is 0.262 e. The number of nitrogens with one attached hydrogen (secondary N) is 1. The number of benzene rings is 2. The summed E-state index contributed by atoms with van der Waals surface area (Å²) in [6.07, 6.45) is 5.69. The molecule has 0 spiro atoms. The first-order valence-corrected chi connectivity index (χ1v) is 11.5. The van der Waals surface area contributed by atoms with Crippen LogP contribution < -0.4 is 10.1 Å². The minimum Gasteiger partial charge on any atom is -0.492 e. The van der Waals surface area contributed by atoms with Crippen LogP contribution in [0.25, 0.3) is 23.0 Å². The predicted octanol–water partition coefficient (Wildman–Crippen LogP) is 5.80. The second-order valence-corrected chi connectivity index (χ2v) is 8.05. The van der Waals surface area contributed by atoms with Gasteiger partial charge in [-0.15, -0.1) is 0 Å². The van der Waals surface area contributed by atoms with Crippen LogP contribution in [-0.2, 0) is 11.3 Å². The van der Waals surface area contributed by atoms with Crippen molar-refractivity contribution in [1.29, 1.82) is 5.26 Å². The molecule has 0 bridgehead atoms. The van der Waals surface area contributed by atoms with Crippen LogP contribution in [0.5, 0.6) is 5.75 Å². The zero-order valence-corrected chi connectivity index (χ0v) is 19.8. The maximum absolute atomic E-state index is 12.7. The molecule has 0 radical (unpaired) electrons. The van der Waals surface area contributed by atoms with E-state index in [2.05, 4.69) is 5.32 Å². The molecule has 2 aromatic heterocycles. The highest BCUT2D eigenvalue weighted by atomic mass is 35.5. The van der Waals surface area contributed by atoms with E-state index in [1.54, 1.807) is 35.1 Å². The number of para-hydroxylation sites is 1. The summed E-state index contributed by atoms with van der Waals surface area (Å²) in [5, 5.41) is 17.6. The van der Waals surface area contributed by atoms with Crippen molar-refractivity contribution in [3.8, 4) is 28.8 Å². The van der Waals surface area contributed by atoms with E-state index in [1.165, 1.54) is 12.3 Å². The Morgan fingerprint density at radius 1 is 1.23 bits per heavy atom. The number of furan rings is 1. The molecule has 0 saturated carbocycles. The monoisotopic (exact) mass is 486 g/mol. The van der Waals surface area contributed by atoms with Gasteiger partial charge in [0.1, 0.15) is 28.8 Å². The van der Waals surface area contributed by atoms with Crippen molar-refractivity contribution in [2.75, 3.05) is 6.61 Å². The Bertz CT molecular complexity index is 1370. The predicted molar refractivity (Wildman–Crippen MR) is 134 cm³/mol. The number of carbonyl (C=O) groups is 1. The van der Waals surface area contributed by atoms with Crippen molar-refractivity contribution in [2.24, 2.45) is 0 Å². The van der Waals surface area contributed by atoms with Crippen LogP contribution in [-0.4, -0.2) is 22.3 Å². The number of hydrogen-bond acceptors (Lipinski definition) is 5. The number of halogens is 1. The van der Waals surface area contributed by atoms with Gasteiger partial charge < -0.3 is 14.5 Å². The lowest BCUT2D eigenvalue weighted by Gasteiger charge is -2.08. The molecule has 0 fully saturated rings. The Balaban J connectivity index is 1.71. The lowest BCUT2D eigenvalue weighted by Crippen LogP contribution is -2.23. The van der Waals surface area contributed by atoms with Crippen molar-refractivity contribution >= 4 is 23.6 Å². The molecule has 0 aliphatic heterocycles. The van der Waals surface area contributed by atoms with Crippen LogP contribution in [0.2, 0.25) is 5.02 Å². The molecule has 2 aromatic carbocycles. The first-order valence-electron chi connectivity index (χ1n) is 11.1. The SMILES string of the molecule is CCCOc1ccc(-c2nn(-c3ccccc3)cc2/C=C(/C#N)C(=O)NCc2ccco2)cc1Cl. The van der Waals surface area contributed by atoms with Gasteiger partial charge in [0.05, 0.1) is 30.1 Å². The highest BCUT2D eigenvalue weighted by Gasteiger charge is 2.16. The topological polar surface area (TPSA) is 93.1 Å². The summed E-state index contributed by atoms with van der Waals surface area (Å²) in [7, 11) is 0. The van der Waals surface area contributed by atoms with E-state index in [0.717, 1.165) is 17.7 Å². The minimum atomic E-state index is -0.511. The van der Waals surface area contributed by atoms with Gasteiger partial charge in [-0.3, -0.25) is 4.79 Å². The third-order valence-corrected chi connectivity index (χ3v) is 5.39. The third kappa shape index (κ3) is 5.81. The summed E-state index contributed by atoms with van der Waals surface area (Å²) in [4.78, 5) is 12.7. The van der Waals surface area contributed by atoms with E-state index < -0.39 is 5.91 Å². The van der Waals surface area contributed by atoms with Crippen LogP contribution >= 0.6 is 11.6 Å². The normalized spacial score (nSPS) is 11.2. The quantitative estimate of drug-likeness (QED) is 0.238. The molecule has 0 aliphatic carbocycles. The molecule has 176 valence electrons. The average Bonchev–Trinajstić information content (AvgIpc) is 3.56. The number of ether oxygens (including phenoxy) is 1. The van der Waals surface area contributed by atoms with E-state index >= 15 is 0 Å². The first kappa shape index (κ1) is 23.9. The highest BCUT2D eigenvalue weighted by molar-refractivity contribution is 6.32. The number of hydrogen-bond donors (Lipinski definition) is 1. The molecule has 2 heterocycles. The van der Waals surface area contributed by atoms with Crippen LogP contribution in [0.3, 0.4) is 0 Å². The maximum Gasteiger partial charge on any atom is 0.262 e. The highest BCUT2D eigenvalue weighted by Crippen LogP contribution is 2.32. The molecule has 1 amide bonds. The summed E-state index contributed by atoms with van der Waals surface area (Å²) in [6.45, 7) is 2.76. The van der Waals surface area contributed by atoms with Crippen LogP contribution in [0, 0.1) is 11.3 Å². The van der Waals surface area contributed by atoms with Crippen LogP contribution in [0.1, 0.15) is 24.7 Å². The lowest BCUT2D eigenvalue weighted by atomic mass is 10.1. The summed E-state index contributed by atoms with van der Waals surface area (Å²) in [5.41, 5.74) is 2.68. The molecule has 0 aliphatic rings. The zero-order valence-electron chi connectivity index (χ0n) is 19.1. The van der Waals surface area contributed by atoms with Crippen LogP contribution in [0.15, 0.2) is 83.1 Å². The Labute approximate surface area is 208 Å². The second kappa shape index (κ2) is 11.2. The second-order valence-electron chi connectivity index (χ2n) is 7.64. The van der Waals surface area contributed by atoms with Gasteiger partial charge in [-0.2, -0.15) is 10.4 Å². The maximum atomic E-state index is 12.7. The number of nitrogens with zero attached hydrogens (tertiary/aromatic N) is 3. The van der Waals surface area contributed by atoms with Crippen molar-refractivity contribution < 1.29 is 13.9 Å². The van der Waals surface area contributed by atoms with Crippen molar-refractivity contribution in [2.45, 2.75) is 19.9 Å². The summed E-state index contributed by atoms with van der Waals surface area (Å²) in [6, 6.07) is 20.5. The molecule has 1 N–H and O–H groups in total. The largest absolute Gasteiger partial charge is 0.492 e. The molecule has 35 heavy (non-hydrogen) atoms. The number of nitriles is 1. The Hall–Kier alpha value is -4.28. The molecule has 4 aromatic rings. The van der Waals surface area contributed by atoms with Crippen LogP contribution in [0.4, 0.5) is 0 Å². The minimum absolute atomic E-state index is 0.0561. The fourth-order valence-electron chi connectivity index (χ4n) is 3.39. The average molecular weight is 487 g/mol. The third-order valence-electron chi connectivity index (χ3n) is 5.10. The van der Waals surface area contributed by atoms with E-state index in [-0.39, 0.29) is 12.1 Å². The standard InChI is InChI=1S/C27H23ClN4O3/c1-2-12-35-25-11-10-19(15-24(25)28)26-21(18-32(31-26)22-7-4-3-5-8-22)14-20(16-29)27(33)30-17-23-9-6-13-34-23/h3-11,13-15,18H,2,12,17H2,1H3,(H,30,33)/b20-14-. The fraction of sp³-hybridized carbons (Fsp3) is 0.148. The van der Waals surface area contributed by atoms with E-state index in [9.17, 15) is 10.1 Å². The van der Waals surface area contributed by atoms with Crippen molar-refractivity contribution in [1.82, 2.24) is 15.1 Å². The molecule has 7 nitrogen and oxygen atoms in total. The van der Waals surface area contributed by atoms with Crippen molar-refractivity contribution in [3.05, 3.63) is 95.0 Å². The number of rotatable bonds is 9. The van der Waals surface area contributed by atoms with Gasteiger partial charge in [0.25, 0.3) is 5.91 Å². The molecule has 0 unspecified atom stereocenters. The van der Waals surface area contributed by atoms with Gasteiger partial charge >= 0.3 is 0 Å². The summed E-state index contributed by atoms with van der Waals surface area (Å²) < 4.78 is 12.6. The van der Waals surface area contributed by atoms with Crippen molar-refractivity contribution in [3.63, 3.8) is 0 Å². The van der Waals surface area contributed by atoms with E-state index in [4.69, 9.17) is 25.9 Å². The Kier molecular flexibility index (Phi) is 7.66. The number of amides is 1. The molecule has 0 atom stereocenters. The lowest BCUT2D eigenvalue weighted by molar-refractivity contribution is -0.117. The number of aromatic nitrogens is 2. The zero-order chi connectivity index (χ0) is 24.6. The molecule has 0 saturated heterocycles. The number of carbonyl (C=O) groups excluding carboxylic acids is 1. The summed E-state index contributed by atoms with van der Waals surface area (Å²) in [5.74, 6) is 0.670. The molecular weight excluding hydrogens is 464 g/mol. The Morgan fingerprint density at radius 3 is 2.74 bits per heavy atom. The van der Waals surface area contributed by atoms with Gasteiger partial charge in [-0.1, -0.05) is 36.7 Å². The van der Waals surface area contributed by atoms with E-state index in [0.29, 0.717) is 34.4 Å². The Morgan fingerprint density at radius 2 is 2.06 bits per heavy atom. The van der Waals surface area contributed by atoms with E-state index in [1.807, 2.05) is 49.4 Å². The first-order chi connectivity index (χ1) is 17.1.